The molecule has 0 bridgehead atoms. The molecular formula is C24H35F2NO4S. The largest absolute Gasteiger partial charge is 0.481 e. The lowest BCUT2D eigenvalue weighted by molar-refractivity contribution is -0.148. The van der Waals surface area contributed by atoms with Gasteiger partial charge in [-0.05, 0) is 55.8 Å². The molecule has 2 rings (SSSR count). The molecule has 1 amide bonds. The second kappa shape index (κ2) is 13.1. The molecule has 0 radical (unpaired) electrons. The summed E-state index contributed by atoms with van der Waals surface area (Å²) >= 11 is 1.47. The zero-order valence-electron chi connectivity index (χ0n) is 18.7. The number of aliphatic hydroxyl groups excluding tert-OH is 1. The van der Waals surface area contributed by atoms with Gasteiger partial charge in [-0.25, -0.2) is 0 Å². The first kappa shape index (κ1) is 26.6. The molecule has 8 heteroatoms. The third-order valence-electron chi connectivity index (χ3n) is 6.08. The highest BCUT2D eigenvalue weighted by Gasteiger charge is 2.52. The standard InChI is InChI=1S/C24H35F2NO4S/c1-18(7-5-10-19-8-3-2-4-9-19)21(28)13-12-20-17-24(25,26)23(31)27(20)14-16-32-15-6-11-22(29)30/h2-4,8-9,18,20-21,28H,5-7,10-17H2,1H3,(H,29,30)/t18-,20?,21+/m0/s1. The summed E-state index contributed by atoms with van der Waals surface area (Å²) in [6, 6.07) is 9.59. The fourth-order valence-electron chi connectivity index (χ4n) is 4.11. The Kier molecular flexibility index (Phi) is 10.9. The minimum Gasteiger partial charge on any atom is -0.481 e. The molecule has 2 N–H and O–H groups in total. The van der Waals surface area contributed by atoms with Crippen molar-refractivity contribution in [1.82, 2.24) is 4.90 Å². The molecule has 1 aromatic carbocycles. The Bertz CT molecular complexity index is 719. The molecule has 0 aromatic heterocycles. The van der Waals surface area contributed by atoms with Gasteiger partial charge in [0.2, 0.25) is 0 Å². The van der Waals surface area contributed by atoms with E-state index in [4.69, 9.17) is 5.11 Å². The van der Waals surface area contributed by atoms with Crippen LogP contribution in [-0.4, -0.2) is 63.1 Å². The number of nitrogens with zero attached hydrogens (tertiary/aromatic N) is 1. The van der Waals surface area contributed by atoms with E-state index in [-0.39, 0.29) is 18.9 Å². The minimum atomic E-state index is -3.34. The number of benzene rings is 1. The number of aliphatic carboxylic acids is 1. The van der Waals surface area contributed by atoms with Gasteiger partial charge in [0.15, 0.2) is 0 Å². The maximum Gasteiger partial charge on any atom is 0.326 e. The van der Waals surface area contributed by atoms with E-state index in [1.807, 2.05) is 25.1 Å². The number of carboxylic acid groups (broad SMARTS) is 1. The zero-order chi connectivity index (χ0) is 23.6. The van der Waals surface area contributed by atoms with Crippen molar-refractivity contribution in [2.75, 3.05) is 18.1 Å². The number of hydrogen-bond donors (Lipinski definition) is 2. The van der Waals surface area contributed by atoms with Crippen LogP contribution in [0, 0.1) is 5.92 Å². The highest BCUT2D eigenvalue weighted by molar-refractivity contribution is 7.99. The predicted molar refractivity (Wildman–Crippen MR) is 123 cm³/mol. The first-order valence-electron chi connectivity index (χ1n) is 11.4. The SMILES string of the molecule is C[C@@H](CCCc1ccccc1)[C@H](O)CCC1CC(F)(F)C(=O)N1CCSCCCC(=O)O. The quantitative estimate of drug-likeness (QED) is 0.365. The van der Waals surface area contributed by atoms with E-state index < -0.39 is 36.4 Å². The second-order valence-corrected chi connectivity index (χ2v) is 9.90. The number of rotatable bonds is 15. The van der Waals surface area contributed by atoms with E-state index in [9.17, 15) is 23.5 Å². The number of aryl methyl sites for hydroxylation is 1. The van der Waals surface area contributed by atoms with E-state index in [2.05, 4.69) is 12.1 Å². The summed E-state index contributed by atoms with van der Waals surface area (Å²) in [6.45, 7) is 2.20. The third-order valence-corrected chi connectivity index (χ3v) is 7.13. The summed E-state index contributed by atoms with van der Waals surface area (Å²) in [7, 11) is 0. The van der Waals surface area contributed by atoms with Crippen molar-refractivity contribution in [3.8, 4) is 0 Å². The molecule has 5 nitrogen and oxygen atoms in total. The molecule has 180 valence electrons. The van der Waals surface area contributed by atoms with E-state index in [0.717, 1.165) is 19.3 Å². The Hall–Kier alpha value is -1.67. The Morgan fingerprint density at radius 1 is 1.22 bits per heavy atom. The fraction of sp³-hybridized carbons (Fsp3) is 0.667. The summed E-state index contributed by atoms with van der Waals surface area (Å²) in [5.74, 6) is -4.14. The van der Waals surface area contributed by atoms with Crippen LogP contribution in [0.4, 0.5) is 8.78 Å². The van der Waals surface area contributed by atoms with Gasteiger partial charge in [-0.15, -0.1) is 0 Å². The first-order valence-corrected chi connectivity index (χ1v) is 12.6. The molecule has 1 heterocycles. The monoisotopic (exact) mass is 471 g/mol. The topological polar surface area (TPSA) is 77.8 Å². The van der Waals surface area contributed by atoms with Gasteiger partial charge < -0.3 is 15.1 Å². The Balaban J connectivity index is 1.74. The predicted octanol–water partition coefficient (Wildman–Crippen LogP) is 4.62. The number of carbonyl (C=O) groups is 2. The Morgan fingerprint density at radius 3 is 2.62 bits per heavy atom. The number of thioether (sulfide) groups is 1. The van der Waals surface area contributed by atoms with Crippen molar-refractivity contribution < 1.29 is 28.6 Å². The average molecular weight is 472 g/mol. The second-order valence-electron chi connectivity index (χ2n) is 8.67. The number of likely N-dealkylation sites (tertiary alicyclic amines) is 1. The molecule has 0 saturated carbocycles. The lowest BCUT2D eigenvalue weighted by Gasteiger charge is -2.26. The van der Waals surface area contributed by atoms with Gasteiger partial charge in [0.05, 0.1) is 6.10 Å². The number of carbonyl (C=O) groups excluding carboxylic acids is 1. The summed E-state index contributed by atoms with van der Waals surface area (Å²) < 4.78 is 28.1. The van der Waals surface area contributed by atoms with E-state index in [1.165, 1.54) is 22.2 Å². The highest BCUT2D eigenvalue weighted by atomic mass is 32.2. The number of hydrogen-bond acceptors (Lipinski definition) is 4. The first-order chi connectivity index (χ1) is 15.2. The van der Waals surface area contributed by atoms with Crippen molar-refractivity contribution in [1.29, 1.82) is 0 Å². The molecule has 1 unspecified atom stereocenters. The van der Waals surface area contributed by atoms with Crippen molar-refractivity contribution in [2.24, 2.45) is 5.92 Å². The van der Waals surface area contributed by atoms with E-state index in [0.29, 0.717) is 30.8 Å². The van der Waals surface area contributed by atoms with Crippen molar-refractivity contribution in [2.45, 2.75) is 76.4 Å². The molecule has 1 saturated heterocycles. The number of aliphatic hydroxyl groups is 1. The van der Waals surface area contributed by atoms with E-state index in [1.54, 1.807) is 0 Å². The molecule has 1 fully saturated rings. The maximum absolute atomic E-state index is 14.0. The molecule has 1 aliphatic heterocycles. The van der Waals surface area contributed by atoms with Crippen LogP contribution in [-0.2, 0) is 16.0 Å². The van der Waals surface area contributed by atoms with Crippen LogP contribution in [0.25, 0.3) is 0 Å². The van der Waals surface area contributed by atoms with Gasteiger partial charge in [-0.3, -0.25) is 9.59 Å². The normalized spacial score (nSPS) is 19.8. The van der Waals surface area contributed by atoms with Gasteiger partial charge >= 0.3 is 11.9 Å². The average Bonchev–Trinajstić information content (AvgIpc) is 2.97. The number of alkyl halides is 2. The lowest BCUT2D eigenvalue weighted by atomic mass is 9.92. The summed E-state index contributed by atoms with van der Waals surface area (Å²) in [5.41, 5.74) is 1.26. The van der Waals surface area contributed by atoms with Gasteiger partial charge in [0.25, 0.3) is 5.91 Å². The van der Waals surface area contributed by atoms with Gasteiger partial charge in [0, 0.05) is 31.2 Å². The summed E-state index contributed by atoms with van der Waals surface area (Å²) in [6.07, 6.45) is 3.02. The van der Waals surface area contributed by atoms with Crippen LogP contribution in [0.2, 0.25) is 0 Å². The van der Waals surface area contributed by atoms with Crippen LogP contribution in [0.1, 0.15) is 57.4 Å². The third kappa shape index (κ3) is 8.70. The van der Waals surface area contributed by atoms with Crippen molar-refractivity contribution in [3.63, 3.8) is 0 Å². The molecule has 0 spiro atoms. The fourth-order valence-corrected chi connectivity index (χ4v) is 4.99. The molecule has 3 atom stereocenters. The molecular weight excluding hydrogens is 436 g/mol. The molecule has 32 heavy (non-hydrogen) atoms. The summed E-state index contributed by atoms with van der Waals surface area (Å²) in [5, 5.41) is 19.2. The number of carboxylic acids is 1. The van der Waals surface area contributed by atoms with Crippen LogP contribution in [0.5, 0.6) is 0 Å². The smallest absolute Gasteiger partial charge is 0.326 e. The molecule has 1 aromatic rings. The van der Waals surface area contributed by atoms with Crippen LogP contribution in [0.15, 0.2) is 30.3 Å². The maximum atomic E-state index is 14.0. The number of halogens is 2. The van der Waals surface area contributed by atoms with Gasteiger partial charge in [0.1, 0.15) is 0 Å². The Labute approximate surface area is 193 Å². The highest BCUT2D eigenvalue weighted by Crippen LogP contribution is 2.36. The van der Waals surface area contributed by atoms with Crippen molar-refractivity contribution >= 4 is 23.6 Å². The van der Waals surface area contributed by atoms with Crippen LogP contribution in [0.3, 0.4) is 0 Å². The Morgan fingerprint density at radius 2 is 1.94 bits per heavy atom. The van der Waals surface area contributed by atoms with Crippen LogP contribution >= 0.6 is 11.8 Å². The summed E-state index contributed by atoms with van der Waals surface area (Å²) in [4.78, 5) is 23.9. The van der Waals surface area contributed by atoms with E-state index >= 15 is 0 Å². The molecule has 1 aliphatic rings. The zero-order valence-corrected chi connectivity index (χ0v) is 19.5. The van der Waals surface area contributed by atoms with Crippen LogP contribution < -0.4 is 0 Å². The lowest BCUT2D eigenvalue weighted by Crippen LogP contribution is -2.38. The van der Waals surface area contributed by atoms with Crippen molar-refractivity contribution in [3.05, 3.63) is 35.9 Å². The van der Waals surface area contributed by atoms with Gasteiger partial charge in [-0.1, -0.05) is 37.3 Å². The number of amides is 1. The molecule has 0 aliphatic carbocycles. The minimum absolute atomic E-state index is 0.0644. The van der Waals surface area contributed by atoms with Gasteiger partial charge in [-0.2, -0.15) is 20.5 Å².